The predicted molar refractivity (Wildman–Crippen MR) is 105 cm³/mol. The van der Waals surface area contributed by atoms with Crippen LogP contribution in [0.3, 0.4) is 0 Å². The van der Waals surface area contributed by atoms with Crippen LogP contribution >= 0.6 is 23.2 Å². The molecule has 0 amide bonds. The first-order chi connectivity index (χ1) is 12.1. The second-order valence-corrected chi connectivity index (χ2v) is 7.34. The number of rotatable bonds is 6. The molecule has 0 aromatic heterocycles. The largest absolute Gasteiger partial charge is 0.497 e. The molecule has 0 aliphatic carbocycles. The summed E-state index contributed by atoms with van der Waals surface area (Å²) in [6.07, 6.45) is 2.33. The summed E-state index contributed by atoms with van der Waals surface area (Å²) in [6.45, 7) is 4.03. The van der Waals surface area contributed by atoms with Crippen molar-refractivity contribution >= 4 is 23.2 Å². The predicted octanol–water partition coefficient (Wildman–Crippen LogP) is 4.76. The SMILES string of the molecule is COc1ccc(CNC2CCN(Cc3ccc(Cl)c(Cl)c3)CC2)cc1. The molecule has 0 unspecified atom stereocenters. The average molecular weight is 379 g/mol. The van der Waals surface area contributed by atoms with Crippen molar-refractivity contribution in [2.75, 3.05) is 20.2 Å². The number of hydrogen-bond acceptors (Lipinski definition) is 3. The Balaban J connectivity index is 1.42. The van der Waals surface area contributed by atoms with Gasteiger partial charge in [-0.3, -0.25) is 4.90 Å². The van der Waals surface area contributed by atoms with E-state index < -0.39 is 0 Å². The molecule has 0 radical (unpaired) electrons. The Hall–Kier alpha value is -1.26. The third kappa shape index (κ3) is 5.35. The van der Waals surface area contributed by atoms with Gasteiger partial charge in [0.05, 0.1) is 17.2 Å². The van der Waals surface area contributed by atoms with Crippen LogP contribution < -0.4 is 10.1 Å². The molecule has 0 bridgehead atoms. The van der Waals surface area contributed by atoms with Gasteiger partial charge in [-0.25, -0.2) is 0 Å². The molecule has 5 heteroatoms. The molecule has 134 valence electrons. The second kappa shape index (κ2) is 8.91. The number of benzene rings is 2. The first-order valence-corrected chi connectivity index (χ1v) is 9.42. The van der Waals surface area contributed by atoms with E-state index in [4.69, 9.17) is 27.9 Å². The monoisotopic (exact) mass is 378 g/mol. The van der Waals surface area contributed by atoms with E-state index in [0.717, 1.165) is 44.8 Å². The molecule has 1 saturated heterocycles. The minimum Gasteiger partial charge on any atom is -0.497 e. The lowest BCUT2D eigenvalue weighted by Gasteiger charge is -2.32. The molecule has 3 rings (SSSR count). The minimum atomic E-state index is 0.576. The zero-order valence-electron chi connectivity index (χ0n) is 14.5. The number of likely N-dealkylation sites (tertiary alicyclic amines) is 1. The third-order valence-electron chi connectivity index (χ3n) is 4.73. The molecule has 2 aromatic carbocycles. The van der Waals surface area contributed by atoms with Gasteiger partial charge in [0.1, 0.15) is 5.75 Å². The van der Waals surface area contributed by atoms with Crippen molar-refractivity contribution in [3.8, 4) is 5.75 Å². The fraction of sp³-hybridized carbons (Fsp3) is 0.400. The van der Waals surface area contributed by atoms with Gasteiger partial charge in [-0.1, -0.05) is 41.4 Å². The maximum atomic E-state index is 6.10. The zero-order chi connectivity index (χ0) is 17.6. The highest BCUT2D eigenvalue weighted by atomic mass is 35.5. The van der Waals surface area contributed by atoms with Crippen molar-refractivity contribution in [2.45, 2.75) is 32.0 Å². The Morgan fingerprint density at radius 2 is 1.68 bits per heavy atom. The van der Waals surface area contributed by atoms with Gasteiger partial charge in [0.2, 0.25) is 0 Å². The first kappa shape index (κ1) is 18.5. The van der Waals surface area contributed by atoms with Gasteiger partial charge in [0.15, 0.2) is 0 Å². The molecule has 25 heavy (non-hydrogen) atoms. The number of nitrogens with zero attached hydrogens (tertiary/aromatic N) is 1. The van der Waals surface area contributed by atoms with Gasteiger partial charge in [0, 0.05) is 19.1 Å². The van der Waals surface area contributed by atoms with Gasteiger partial charge < -0.3 is 10.1 Å². The van der Waals surface area contributed by atoms with Crippen molar-refractivity contribution < 1.29 is 4.74 Å². The summed E-state index contributed by atoms with van der Waals surface area (Å²) in [5, 5.41) is 4.92. The van der Waals surface area contributed by atoms with Crippen molar-refractivity contribution in [1.82, 2.24) is 10.2 Å². The van der Waals surface area contributed by atoms with Crippen LogP contribution in [0.1, 0.15) is 24.0 Å². The fourth-order valence-corrected chi connectivity index (χ4v) is 3.52. The quantitative estimate of drug-likeness (QED) is 0.784. The average Bonchev–Trinajstić information content (AvgIpc) is 2.64. The number of piperidine rings is 1. The molecule has 1 N–H and O–H groups in total. The van der Waals surface area contributed by atoms with Crippen LogP contribution in [0.4, 0.5) is 0 Å². The molecule has 3 nitrogen and oxygen atoms in total. The van der Waals surface area contributed by atoms with Gasteiger partial charge >= 0.3 is 0 Å². The van der Waals surface area contributed by atoms with Crippen LogP contribution in [-0.4, -0.2) is 31.1 Å². The molecule has 0 atom stereocenters. The van der Waals surface area contributed by atoms with Gasteiger partial charge in [-0.15, -0.1) is 0 Å². The van der Waals surface area contributed by atoms with Crippen LogP contribution in [0.5, 0.6) is 5.75 Å². The van der Waals surface area contributed by atoms with E-state index in [1.54, 1.807) is 7.11 Å². The van der Waals surface area contributed by atoms with Gasteiger partial charge in [-0.2, -0.15) is 0 Å². The second-order valence-electron chi connectivity index (χ2n) is 6.53. The van der Waals surface area contributed by atoms with E-state index in [2.05, 4.69) is 28.4 Å². The lowest BCUT2D eigenvalue weighted by molar-refractivity contribution is 0.190. The summed E-state index contributed by atoms with van der Waals surface area (Å²) in [6, 6.07) is 14.7. The lowest BCUT2D eigenvalue weighted by Crippen LogP contribution is -2.41. The van der Waals surface area contributed by atoms with Crippen LogP contribution in [0, 0.1) is 0 Å². The molecular formula is C20H24Cl2N2O. The van der Waals surface area contributed by atoms with E-state index in [0.29, 0.717) is 16.1 Å². The molecule has 2 aromatic rings. The van der Waals surface area contributed by atoms with Crippen molar-refractivity contribution in [1.29, 1.82) is 0 Å². The standard InChI is InChI=1S/C20H24Cl2N2O/c1-25-18-5-2-15(3-6-18)13-23-17-8-10-24(11-9-17)14-16-4-7-19(21)20(22)12-16/h2-7,12,17,23H,8-11,13-14H2,1H3. The molecule has 0 spiro atoms. The van der Waals surface area contributed by atoms with Gasteiger partial charge in [0.25, 0.3) is 0 Å². The van der Waals surface area contributed by atoms with Crippen molar-refractivity contribution in [2.24, 2.45) is 0 Å². The zero-order valence-corrected chi connectivity index (χ0v) is 16.0. The Kier molecular flexibility index (Phi) is 6.60. The molecule has 1 aliphatic heterocycles. The summed E-state index contributed by atoms with van der Waals surface area (Å²) < 4.78 is 5.20. The molecule has 1 fully saturated rings. The van der Waals surface area contributed by atoms with Crippen LogP contribution in [0.2, 0.25) is 10.0 Å². The number of ether oxygens (including phenoxy) is 1. The van der Waals surface area contributed by atoms with Crippen LogP contribution in [0.25, 0.3) is 0 Å². The topological polar surface area (TPSA) is 24.5 Å². The molecule has 1 aliphatic rings. The highest BCUT2D eigenvalue weighted by Gasteiger charge is 2.19. The van der Waals surface area contributed by atoms with E-state index in [-0.39, 0.29) is 0 Å². The maximum absolute atomic E-state index is 6.10. The summed E-state index contributed by atoms with van der Waals surface area (Å²) >= 11 is 12.1. The summed E-state index contributed by atoms with van der Waals surface area (Å²) in [5.41, 5.74) is 2.51. The lowest BCUT2D eigenvalue weighted by atomic mass is 10.0. The van der Waals surface area contributed by atoms with E-state index in [1.807, 2.05) is 24.3 Å². The Morgan fingerprint density at radius 1 is 1.00 bits per heavy atom. The number of hydrogen-bond donors (Lipinski definition) is 1. The highest BCUT2D eigenvalue weighted by Crippen LogP contribution is 2.24. The van der Waals surface area contributed by atoms with Crippen LogP contribution in [0.15, 0.2) is 42.5 Å². The van der Waals surface area contributed by atoms with Crippen LogP contribution in [-0.2, 0) is 13.1 Å². The summed E-state index contributed by atoms with van der Waals surface area (Å²) in [4.78, 5) is 2.48. The Morgan fingerprint density at radius 3 is 2.32 bits per heavy atom. The highest BCUT2D eigenvalue weighted by molar-refractivity contribution is 6.42. The Bertz CT molecular complexity index is 683. The third-order valence-corrected chi connectivity index (χ3v) is 5.47. The number of methoxy groups -OCH3 is 1. The van der Waals surface area contributed by atoms with Gasteiger partial charge in [-0.05, 0) is 61.3 Å². The van der Waals surface area contributed by atoms with Crippen molar-refractivity contribution in [3.05, 3.63) is 63.6 Å². The first-order valence-electron chi connectivity index (χ1n) is 8.66. The maximum Gasteiger partial charge on any atom is 0.118 e. The minimum absolute atomic E-state index is 0.576. The number of nitrogens with one attached hydrogen (secondary N) is 1. The Labute approximate surface area is 159 Å². The summed E-state index contributed by atoms with van der Waals surface area (Å²) in [7, 11) is 1.69. The van der Waals surface area contributed by atoms with E-state index in [9.17, 15) is 0 Å². The smallest absolute Gasteiger partial charge is 0.118 e. The summed E-state index contributed by atoms with van der Waals surface area (Å²) in [5.74, 6) is 0.902. The molecular weight excluding hydrogens is 355 g/mol. The van der Waals surface area contributed by atoms with Crippen molar-refractivity contribution in [3.63, 3.8) is 0 Å². The van der Waals surface area contributed by atoms with E-state index in [1.165, 1.54) is 11.1 Å². The number of halogens is 2. The molecule has 1 heterocycles. The fourth-order valence-electron chi connectivity index (χ4n) is 3.20. The van der Waals surface area contributed by atoms with E-state index >= 15 is 0 Å². The molecule has 0 saturated carbocycles. The normalized spacial score (nSPS) is 16.1.